The molecule has 3 N–H and O–H groups in total. The van der Waals surface area contributed by atoms with E-state index < -0.39 is 23.8 Å². The fourth-order valence-corrected chi connectivity index (χ4v) is 0.773. The molecule has 0 aliphatic heterocycles. The summed E-state index contributed by atoms with van der Waals surface area (Å²) in [6, 6.07) is 0. The lowest BCUT2D eigenvalue weighted by Gasteiger charge is -2.06. The summed E-state index contributed by atoms with van der Waals surface area (Å²) >= 11 is 0. The molecule has 0 aromatic rings. The van der Waals surface area contributed by atoms with E-state index in [9.17, 15) is 14.4 Å². The number of methoxy groups -OCH3 is 1. The summed E-state index contributed by atoms with van der Waals surface area (Å²) in [6.45, 7) is 4.90. The maximum Gasteiger partial charge on any atom is 0.320 e. The maximum atomic E-state index is 10.7. The van der Waals surface area contributed by atoms with Crippen LogP contribution in [0.1, 0.15) is 19.8 Å². The largest absolute Gasteiger partial charge is 0.481 e. The van der Waals surface area contributed by atoms with E-state index in [4.69, 9.17) is 5.11 Å². The lowest BCUT2D eigenvalue weighted by atomic mass is 10.1. The first kappa shape index (κ1) is 21.2. The predicted octanol–water partition coefficient (Wildman–Crippen LogP) is -0.598. The van der Waals surface area contributed by atoms with Crippen molar-refractivity contribution in [3.8, 4) is 0 Å². The van der Waals surface area contributed by atoms with Gasteiger partial charge in [0, 0.05) is 0 Å². The van der Waals surface area contributed by atoms with Gasteiger partial charge in [-0.15, -0.1) is 0 Å². The second kappa shape index (κ2) is 13.0. The summed E-state index contributed by atoms with van der Waals surface area (Å²) in [5.74, 6) is -3.26. The number of hydrogen-bond donors (Lipinski definition) is 2. The van der Waals surface area contributed by atoms with Crippen LogP contribution in [0.3, 0.4) is 0 Å². The minimum Gasteiger partial charge on any atom is -0.481 e. The minimum atomic E-state index is -1.11. The number of carboxylic acids is 1. The fraction of sp³-hybridized carbons (Fsp3) is 0.500. The van der Waals surface area contributed by atoms with Crippen LogP contribution in [0.5, 0.6) is 0 Å². The highest BCUT2D eigenvalue weighted by Crippen LogP contribution is 2.07. The predicted molar refractivity (Wildman–Crippen MR) is 66.0 cm³/mol. The number of esters is 1. The minimum absolute atomic E-state index is 0. The van der Waals surface area contributed by atoms with Crippen LogP contribution in [0.25, 0.3) is 0 Å². The Morgan fingerprint density at radius 2 is 1.88 bits per heavy atom. The van der Waals surface area contributed by atoms with Crippen LogP contribution >= 0.6 is 0 Å². The highest BCUT2D eigenvalue weighted by atomic mass is 24.3. The molecular formula is C10H19MgNO5. The van der Waals surface area contributed by atoms with Crippen molar-refractivity contribution >= 4 is 40.9 Å². The Hall–Kier alpha value is -1.08. The number of carbonyl (C=O) groups excluding carboxylic acids is 2. The first-order chi connectivity index (χ1) is 7.40. The van der Waals surface area contributed by atoms with Crippen LogP contribution in [0.2, 0.25) is 0 Å². The first-order valence-corrected chi connectivity index (χ1v) is 4.63. The molecule has 6 nitrogen and oxygen atoms in total. The van der Waals surface area contributed by atoms with E-state index >= 15 is 0 Å². The third-order valence-corrected chi connectivity index (χ3v) is 1.56. The molecule has 0 saturated heterocycles. The smallest absolute Gasteiger partial charge is 0.320 e. The standard InChI is InChI=1S/C7H12O4.C3H5NO.Mg.2H/c1-3-4-5(6(8)9)7(10)11-2;1-2-3(4)5;;;/h5H,3-4H2,1-2H3,(H,8,9);2H,1H2,(H2,4,5);;;. The van der Waals surface area contributed by atoms with Crippen molar-refractivity contribution in [2.24, 2.45) is 11.7 Å². The normalized spacial score (nSPS) is 9.76. The lowest BCUT2D eigenvalue weighted by Crippen LogP contribution is -2.24. The van der Waals surface area contributed by atoms with Gasteiger partial charge in [-0.05, 0) is 12.5 Å². The Bertz CT molecular complexity index is 267. The summed E-state index contributed by atoms with van der Waals surface area (Å²) in [5.41, 5.74) is 4.53. The first-order valence-electron chi connectivity index (χ1n) is 4.63. The van der Waals surface area contributed by atoms with Gasteiger partial charge in [0.1, 0.15) is 0 Å². The molecule has 0 spiro atoms. The molecule has 1 amide bonds. The molecule has 0 aliphatic rings. The van der Waals surface area contributed by atoms with E-state index in [1.807, 2.05) is 6.92 Å². The Kier molecular flexibility index (Phi) is 16.2. The average Bonchev–Trinajstić information content (AvgIpc) is 2.25. The topological polar surface area (TPSA) is 107 Å². The fourth-order valence-electron chi connectivity index (χ4n) is 0.773. The van der Waals surface area contributed by atoms with Gasteiger partial charge in [-0.25, -0.2) is 0 Å². The van der Waals surface area contributed by atoms with E-state index in [0.717, 1.165) is 6.08 Å². The summed E-state index contributed by atoms with van der Waals surface area (Å²) in [6.07, 6.45) is 2.05. The van der Waals surface area contributed by atoms with Crippen molar-refractivity contribution in [1.29, 1.82) is 0 Å². The van der Waals surface area contributed by atoms with Gasteiger partial charge >= 0.3 is 35.0 Å². The molecular weight excluding hydrogens is 238 g/mol. The zero-order valence-electron chi connectivity index (χ0n) is 9.43. The van der Waals surface area contributed by atoms with Crippen molar-refractivity contribution in [2.45, 2.75) is 19.8 Å². The van der Waals surface area contributed by atoms with Crippen LogP contribution in [-0.2, 0) is 19.1 Å². The van der Waals surface area contributed by atoms with Crippen LogP contribution in [0.15, 0.2) is 12.7 Å². The van der Waals surface area contributed by atoms with Gasteiger partial charge in [0.15, 0.2) is 5.92 Å². The molecule has 17 heavy (non-hydrogen) atoms. The SMILES string of the molecule is C=CC(N)=O.CCCC(C(=O)O)C(=O)OC.[MgH2]. The van der Waals surface area contributed by atoms with Gasteiger partial charge in [-0.3, -0.25) is 14.4 Å². The number of primary amides is 1. The quantitative estimate of drug-likeness (QED) is 0.296. The third-order valence-electron chi connectivity index (χ3n) is 1.56. The molecule has 0 fully saturated rings. The molecule has 96 valence electrons. The van der Waals surface area contributed by atoms with Gasteiger partial charge in [-0.1, -0.05) is 19.9 Å². The van der Waals surface area contributed by atoms with Crippen molar-refractivity contribution in [2.75, 3.05) is 7.11 Å². The van der Waals surface area contributed by atoms with Gasteiger partial charge in [-0.2, -0.15) is 0 Å². The molecule has 0 aliphatic carbocycles. The summed E-state index contributed by atoms with van der Waals surface area (Å²) in [7, 11) is 1.19. The number of nitrogens with two attached hydrogens (primary N) is 1. The number of rotatable bonds is 5. The van der Waals surface area contributed by atoms with E-state index in [1.54, 1.807) is 0 Å². The number of carboxylic acid groups (broad SMARTS) is 1. The van der Waals surface area contributed by atoms with Crippen LogP contribution in [-0.4, -0.2) is 53.1 Å². The van der Waals surface area contributed by atoms with E-state index in [2.05, 4.69) is 17.0 Å². The van der Waals surface area contributed by atoms with Crippen LogP contribution < -0.4 is 5.73 Å². The van der Waals surface area contributed by atoms with Crippen LogP contribution in [0.4, 0.5) is 0 Å². The average molecular weight is 258 g/mol. The van der Waals surface area contributed by atoms with Gasteiger partial charge in [0.25, 0.3) is 0 Å². The molecule has 0 aromatic heterocycles. The number of amides is 1. The number of hydrogen-bond acceptors (Lipinski definition) is 4. The van der Waals surface area contributed by atoms with Crippen molar-refractivity contribution < 1.29 is 24.2 Å². The zero-order chi connectivity index (χ0) is 13.1. The highest BCUT2D eigenvalue weighted by molar-refractivity contribution is 5.93. The van der Waals surface area contributed by atoms with Gasteiger partial charge in [0.2, 0.25) is 5.91 Å². The van der Waals surface area contributed by atoms with E-state index in [1.165, 1.54) is 7.11 Å². The summed E-state index contributed by atoms with van der Waals surface area (Å²) in [5, 5.41) is 8.51. The second-order valence-corrected chi connectivity index (χ2v) is 2.81. The summed E-state index contributed by atoms with van der Waals surface area (Å²) < 4.78 is 4.31. The van der Waals surface area contributed by atoms with E-state index in [0.29, 0.717) is 12.8 Å². The molecule has 7 heteroatoms. The zero-order valence-corrected chi connectivity index (χ0v) is 9.43. The number of carbonyl (C=O) groups is 3. The lowest BCUT2D eigenvalue weighted by molar-refractivity contribution is -0.157. The monoisotopic (exact) mass is 257 g/mol. The summed E-state index contributed by atoms with van der Waals surface area (Å²) in [4.78, 5) is 30.6. The molecule has 0 bridgehead atoms. The van der Waals surface area contributed by atoms with E-state index in [-0.39, 0.29) is 23.1 Å². The Morgan fingerprint density at radius 1 is 1.47 bits per heavy atom. The second-order valence-electron chi connectivity index (χ2n) is 2.81. The molecule has 0 radical (unpaired) electrons. The van der Waals surface area contributed by atoms with Crippen molar-refractivity contribution in [3.63, 3.8) is 0 Å². The molecule has 0 heterocycles. The highest BCUT2D eigenvalue weighted by Gasteiger charge is 2.25. The van der Waals surface area contributed by atoms with Crippen molar-refractivity contribution in [1.82, 2.24) is 0 Å². The molecule has 0 aromatic carbocycles. The molecule has 1 unspecified atom stereocenters. The van der Waals surface area contributed by atoms with Gasteiger partial charge in [0.05, 0.1) is 7.11 Å². The Labute approximate surface area is 116 Å². The number of aliphatic carboxylic acids is 1. The third kappa shape index (κ3) is 12.8. The van der Waals surface area contributed by atoms with Gasteiger partial charge < -0.3 is 15.6 Å². The van der Waals surface area contributed by atoms with Crippen molar-refractivity contribution in [3.05, 3.63) is 12.7 Å². The Morgan fingerprint density at radius 3 is 2.06 bits per heavy atom. The maximum absolute atomic E-state index is 10.7. The number of ether oxygens (including phenoxy) is 1. The molecule has 0 saturated carbocycles. The molecule has 1 atom stereocenters. The van der Waals surface area contributed by atoms with Crippen LogP contribution in [0, 0.1) is 5.92 Å². The molecule has 0 rings (SSSR count). The Balaban J connectivity index is -0.000000280.